The van der Waals surface area contributed by atoms with Crippen LogP contribution in [0.4, 0.5) is 0 Å². The Hall–Kier alpha value is -2.71. The van der Waals surface area contributed by atoms with Gasteiger partial charge in [0.15, 0.2) is 0 Å². The van der Waals surface area contributed by atoms with E-state index in [1.54, 1.807) is 0 Å². The monoisotopic (exact) mass is 414 g/mol. The van der Waals surface area contributed by atoms with Crippen molar-refractivity contribution in [3.05, 3.63) is 67.7 Å². The molecule has 0 saturated carbocycles. The number of aromatic amines is 1. The first-order valence-electron chi connectivity index (χ1n) is 9.71. The molecule has 7 nitrogen and oxygen atoms in total. The second-order valence-electron chi connectivity index (χ2n) is 7.06. The van der Waals surface area contributed by atoms with Crippen LogP contribution in [0.1, 0.15) is 34.5 Å². The van der Waals surface area contributed by atoms with Gasteiger partial charge in [0.25, 0.3) is 5.56 Å². The average Bonchev–Trinajstić information content (AvgIpc) is 3.17. The highest BCUT2D eigenvalue weighted by Crippen LogP contribution is 2.22. The zero-order valence-corrected chi connectivity index (χ0v) is 16.7. The van der Waals surface area contributed by atoms with Gasteiger partial charge in [-0.3, -0.25) is 14.3 Å². The number of hydrogen-bond donors (Lipinski definition) is 1. The second kappa shape index (κ2) is 8.75. The Morgan fingerprint density at radius 3 is 2.83 bits per heavy atom. The smallest absolute Gasteiger partial charge is 0.348 e. The first-order valence-corrected chi connectivity index (χ1v) is 10.5. The molecular formula is C21H22N2O5S. The van der Waals surface area contributed by atoms with E-state index < -0.39 is 17.2 Å². The van der Waals surface area contributed by atoms with Crippen molar-refractivity contribution in [1.29, 1.82) is 0 Å². The third-order valence-electron chi connectivity index (χ3n) is 5.02. The summed E-state index contributed by atoms with van der Waals surface area (Å²) >= 11 is 1.06. The summed E-state index contributed by atoms with van der Waals surface area (Å²) in [7, 11) is 0. The molecular weight excluding hydrogens is 392 g/mol. The molecule has 0 spiro atoms. The van der Waals surface area contributed by atoms with E-state index in [0.29, 0.717) is 28.1 Å². The number of fused-ring (bicyclic) bond motifs is 1. The van der Waals surface area contributed by atoms with E-state index in [2.05, 4.69) is 4.98 Å². The molecule has 0 amide bonds. The number of carbonyl (C=O) groups excluding carboxylic acids is 1. The number of esters is 1. The molecule has 4 rings (SSSR count). The summed E-state index contributed by atoms with van der Waals surface area (Å²) in [4.78, 5) is 40.9. The first-order chi connectivity index (χ1) is 14.1. The molecule has 1 atom stereocenters. The second-order valence-corrected chi connectivity index (χ2v) is 8.12. The van der Waals surface area contributed by atoms with Gasteiger partial charge in [-0.2, -0.15) is 0 Å². The molecule has 1 N–H and O–H groups in total. The van der Waals surface area contributed by atoms with Crippen LogP contribution >= 0.6 is 11.3 Å². The highest BCUT2D eigenvalue weighted by Gasteiger charge is 2.20. The van der Waals surface area contributed by atoms with Crippen LogP contribution in [0.15, 0.2) is 46.0 Å². The van der Waals surface area contributed by atoms with Crippen LogP contribution in [-0.4, -0.2) is 34.8 Å². The molecule has 1 unspecified atom stereocenters. The molecule has 1 fully saturated rings. The van der Waals surface area contributed by atoms with Gasteiger partial charge in [0.1, 0.15) is 16.3 Å². The number of rotatable bonds is 6. The minimum atomic E-state index is -0.503. The topological polar surface area (TPSA) is 90.4 Å². The molecule has 0 bridgehead atoms. The van der Waals surface area contributed by atoms with Crippen molar-refractivity contribution in [1.82, 2.24) is 9.55 Å². The summed E-state index contributed by atoms with van der Waals surface area (Å²) in [5.41, 5.74) is 0.166. The molecule has 1 saturated heterocycles. The number of aryl methyl sites for hydroxylation is 1. The van der Waals surface area contributed by atoms with Gasteiger partial charge in [0.05, 0.1) is 11.5 Å². The van der Waals surface area contributed by atoms with Crippen molar-refractivity contribution in [2.75, 3.05) is 13.2 Å². The number of hydrogen-bond acceptors (Lipinski definition) is 6. The lowest BCUT2D eigenvalue weighted by Gasteiger charge is -2.21. The van der Waals surface area contributed by atoms with Gasteiger partial charge >= 0.3 is 11.7 Å². The number of nitrogens with one attached hydrogen (secondary N) is 1. The Balaban J connectivity index is 1.51. The summed E-state index contributed by atoms with van der Waals surface area (Å²) in [5, 5.41) is 0.323. The fraction of sp³-hybridized carbons (Fsp3) is 0.381. The Labute approximate surface area is 170 Å². The van der Waals surface area contributed by atoms with E-state index in [0.717, 1.165) is 36.2 Å². The fourth-order valence-corrected chi connectivity index (χ4v) is 4.35. The molecule has 8 heteroatoms. The quantitative estimate of drug-likeness (QED) is 0.627. The number of carbonyl (C=O) groups is 1. The fourth-order valence-electron chi connectivity index (χ4n) is 3.41. The van der Waals surface area contributed by atoms with Crippen LogP contribution in [0.25, 0.3) is 10.2 Å². The van der Waals surface area contributed by atoms with Crippen molar-refractivity contribution in [3.8, 4) is 0 Å². The molecule has 1 aliphatic rings. The normalized spacial score (nSPS) is 16.8. The molecule has 0 radical (unpaired) electrons. The third-order valence-corrected chi connectivity index (χ3v) is 6.05. The van der Waals surface area contributed by atoms with Crippen LogP contribution < -0.4 is 11.2 Å². The van der Waals surface area contributed by atoms with E-state index in [4.69, 9.17) is 9.47 Å². The molecule has 29 heavy (non-hydrogen) atoms. The maximum absolute atomic E-state index is 12.8. The summed E-state index contributed by atoms with van der Waals surface area (Å²) in [6.45, 7) is 1.16. The predicted molar refractivity (Wildman–Crippen MR) is 111 cm³/mol. The largest absolute Gasteiger partial charge is 0.459 e. The Morgan fingerprint density at radius 2 is 2.07 bits per heavy atom. The zero-order valence-electron chi connectivity index (χ0n) is 15.9. The van der Waals surface area contributed by atoms with E-state index in [9.17, 15) is 14.4 Å². The van der Waals surface area contributed by atoms with Gasteiger partial charge in [-0.1, -0.05) is 30.3 Å². The Bertz CT molecular complexity index is 1110. The standard InChI is InChI=1S/C21H22N2O5S/c24-19-16-12-17(20(25)28-13-15-8-4-5-11-27-15)29-18(16)22-21(26)23(19)10-9-14-6-2-1-3-7-14/h1-3,6-7,12,15H,4-5,8-11,13H2,(H,22,26). The van der Waals surface area contributed by atoms with Gasteiger partial charge in [-0.15, -0.1) is 11.3 Å². The van der Waals surface area contributed by atoms with Crippen LogP contribution in [0.2, 0.25) is 0 Å². The lowest BCUT2D eigenvalue weighted by Crippen LogP contribution is -2.35. The van der Waals surface area contributed by atoms with Crippen LogP contribution in [0.5, 0.6) is 0 Å². The summed E-state index contributed by atoms with van der Waals surface area (Å²) in [6, 6.07) is 11.2. The van der Waals surface area contributed by atoms with Crippen LogP contribution in [0.3, 0.4) is 0 Å². The minimum Gasteiger partial charge on any atom is -0.459 e. The number of nitrogens with zero attached hydrogens (tertiary/aromatic N) is 1. The highest BCUT2D eigenvalue weighted by atomic mass is 32.1. The number of ether oxygens (including phenoxy) is 2. The van der Waals surface area contributed by atoms with Crippen LogP contribution in [-0.2, 0) is 22.4 Å². The van der Waals surface area contributed by atoms with Crippen LogP contribution in [0, 0.1) is 0 Å². The zero-order chi connectivity index (χ0) is 20.2. The molecule has 3 aromatic rings. The summed E-state index contributed by atoms with van der Waals surface area (Å²) in [6.07, 6.45) is 3.46. The number of H-pyrrole nitrogens is 1. The lowest BCUT2D eigenvalue weighted by molar-refractivity contribution is -0.0298. The van der Waals surface area contributed by atoms with Gasteiger partial charge in [-0.05, 0) is 37.3 Å². The van der Waals surface area contributed by atoms with Crippen molar-refractivity contribution < 1.29 is 14.3 Å². The van der Waals surface area contributed by atoms with Gasteiger partial charge in [0, 0.05) is 13.2 Å². The molecule has 152 valence electrons. The summed E-state index contributed by atoms with van der Waals surface area (Å²) in [5.74, 6) is -0.503. The Morgan fingerprint density at radius 1 is 1.24 bits per heavy atom. The number of benzene rings is 1. The predicted octanol–water partition coefficient (Wildman–Crippen LogP) is 2.72. The number of thiophene rings is 1. The van der Waals surface area contributed by atoms with Crippen molar-refractivity contribution in [3.63, 3.8) is 0 Å². The first kappa shape index (κ1) is 19.6. The van der Waals surface area contributed by atoms with Crippen molar-refractivity contribution in [2.24, 2.45) is 0 Å². The number of aromatic nitrogens is 2. The highest BCUT2D eigenvalue weighted by molar-refractivity contribution is 7.20. The summed E-state index contributed by atoms with van der Waals surface area (Å²) < 4.78 is 12.1. The average molecular weight is 414 g/mol. The maximum atomic E-state index is 12.8. The van der Waals surface area contributed by atoms with Crippen molar-refractivity contribution in [2.45, 2.75) is 38.3 Å². The van der Waals surface area contributed by atoms with E-state index in [-0.39, 0.29) is 19.3 Å². The van der Waals surface area contributed by atoms with Gasteiger partial charge in [-0.25, -0.2) is 9.59 Å². The molecule has 2 aromatic heterocycles. The van der Waals surface area contributed by atoms with Gasteiger partial charge < -0.3 is 9.47 Å². The molecule has 1 aromatic carbocycles. The van der Waals surface area contributed by atoms with E-state index >= 15 is 0 Å². The maximum Gasteiger partial charge on any atom is 0.348 e. The van der Waals surface area contributed by atoms with Crippen molar-refractivity contribution >= 4 is 27.5 Å². The minimum absolute atomic E-state index is 0.0721. The lowest BCUT2D eigenvalue weighted by atomic mass is 10.1. The molecule has 0 aliphatic carbocycles. The van der Waals surface area contributed by atoms with Gasteiger partial charge in [0.2, 0.25) is 0 Å². The Kier molecular flexibility index (Phi) is 5.92. The van der Waals surface area contributed by atoms with E-state index in [1.165, 1.54) is 10.6 Å². The molecule has 3 heterocycles. The SMILES string of the molecule is O=C(OCC1CCCCO1)c1cc2c(=O)n(CCc3ccccc3)c(=O)[nH]c2s1. The van der Waals surface area contributed by atoms with E-state index in [1.807, 2.05) is 30.3 Å². The third kappa shape index (κ3) is 4.49. The molecule has 1 aliphatic heterocycles.